The summed E-state index contributed by atoms with van der Waals surface area (Å²) in [6.45, 7) is 0. The zero-order valence-electron chi connectivity index (χ0n) is 13.8. The molecule has 0 fully saturated rings. The van der Waals surface area contributed by atoms with Crippen molar-refractivity contribution in [1.82, 2.24) is 0 Å². The Morgan fingerprint density at radius 2 is 1.83 bits per heavy atom. The Morgan fingerprint density at radius 3 is 2.46 bits per heavy atom. The minimum absolute atomic E-state index is 0.0820. The number of anilines is 1. The molecule has 1 aliphatic rings. The number of carbonyl (C=O) groups excluding carboxylic acids is 1. The van der Waals surface area contributed by atoms with Gasteiger partial charge in [0.05, 0.1) is 27.8 Å². The van der Waals surface area contributed by atoms with E-state index in [0.717, 1.165) is 5.56 Å². The van der Waals surface area contributed by atoms with Crippen molar-refractivity contribution < 1.29 is 23.7 Å². The van der Waals surface area contributed by atoms with Gasteiger partial charge in [-0.2, -0.15) is 0 Å². The minimum atomic E-state index is -0.406. The molecular formula is C18H19NO5. The first-order chi connectivity index (χ1) is 11.6. The van der Waals surface area contributed by atoms with Crippen LogP contribution in [0.2, 0.25) is 0 Å². The normalized spacial score (nSPS) is 16.1. The van der Waals surface area contributed by atoms with Crippen LogP contribution < -0.4 is 24.7 Å². The van der Waals surface area contributed by atoms with E-state index in [4.69, 9.17) is 24.7 Å². The standard InChI is InChI=1S/C18H19NO5/c1-21-15-9-14-16(18(23-3)17(15)22-2)12(20)8-13(24-14)10-5-4-6-11(19)7-10/h4-7,9,13H,8,19H2,1-3H3. The lowest BCUT2D eigenvalue weighted by molar-refractivity contribution is 0.0842. The van der Waals surface area contributed by atoms with Gasteiger partial charge in [-0.25, -0.2) is 0 Å². The molecule has 24 heavy (non-hydrogen) atoms. The number of Topliss-reactive ketones (excluding diaryl/α,β-unsaturated/α-hetero) is 1. The van der Waals surface area contributed by atoms with Gasteiger partial charge in [0.2, 0.25) is 5.75 Å². The molecule has 0 amide bonds. The molecule has 2 N–H and O–H groups in total. The van der Waals surface area contributed by atoms with E-state index in [1.807, 2.05) is 12.1 Å². The van der Waals surface area contributed by atoms with Crippen LogP contribution in [0.15, 0.2) is 30.3 Å². The average molecular weight is 329 g/mol. The Balaban J connectivity index is 2.09. The van der Waals surface area contributed by atoms with Crippen molar-refractivity contribution in [2.75, 3.05) is 27.1 Å². The van der Waals surface area contributed by atoms with E-state index < -0.39 is 6.10 Å². The largest absolute Gasteiger partial charge is 0.493 e. The zero-order chi connectivity index (χ0) is 17.3. The molecule has 126 valence electrons. The van der Waals surface area contributed by atoms with Crippen LogP contribution in [0.25, 0.3) is 0 Å². The minimum Gasteiger partial charge on any atom is -0.493 e. The summed E-state index contributed by atoms with van der Waals surface area (Å²) in [5.41, 5.74) is 7.67. The van der Waals surface area contributed by atoms with Crippen molar-refractivity contribution in [2.45, 2.75) is 12.5 Å². The number of carbonyl (C=O) groups is 1. The molecule has 3 rings (SSSR count). The Hall–Kier alpha value is -2.89. The molecule has 0 radical (unpaired) electrons. The monoisotopic (exact) mass is 329 g/mol. The fourth-order valence-corrected chi connectivity index (χ4v) is 2.90. The van der Waals surface area contributed by atoms with Crippen LogP contribution in [0.4, 0.5) is 5.69 Å². The maximum Gasteiger partial charge on any atom is 0.204 e. The third-order valence-corrected chi connectivity index (χ3v) is 4.00. The second kappa shape index (κ2) is 6.31. The quantitative estimate of drug-likeness (QED) is 0.869. The van der Waals surface area contributed by atoms with Gasteiger partial charge in [0.1, 0.15) is 17.4 Å². The van der Waals surface area contributed by atoms with Crippen LogP contribution in [-0.2, 0) is 0 Å². The summed E-state index contributed by atoms with van der Waals surface area (Å²) in [5.74, 6) is 1.46. The first-order valence-electron chi connectivity index (χ1n) is 7.47. The number of benzene rings is 2. The van der Waals surface area contributed by atoms with Crippen LogP contribution >= 0.6 is 0 Å². The molecule has 1 atom stereocenters. The van der Waals surface area contributed by atoms with Gasteiger partial charge in [-0.05, 0) is 17.7 Å². The molecule has 1 heterocycles. The van der Waals surface area contributed by atoms with Crippen LogP contribution in [0.1, 0.15) is 28.4 Å². The summed E-state index contributed by atoms with van der Waals surface area (Å²) in [7, 11) is 4.50. The van der Waals surface area contributed by atoms with Gasteiger partial charge in [0, 0.05) is 11.8 Å². The molecule has 1 unspecified atom stereocenters. The number of hydrogen-bond acceptors (Lipinski definition) is 6. The van der Waals surface area contributed by atoms with Crippen molar-refractivity contribution >= 4 is 11.5 Å². The number of ketones is 1. The molecule has 0 spiro atoms. The van der Waals surface area contributed by atoms with Crippen molar-refractivity contribution in [3.63, 3.8) is 0 Å². The highest BCUT2D eigenvalue weighted by molar-refractivity contribution is 6.04. The summed E-state index contributed by atoms with van der Waals surface area (Å²) in [6, 6.07) is 8.97. The van der Waals surface area contributed by atoms with Gasteiger partial charge in [-0.3, -0.25) is 4.79 Å². The van der Waals surface area contributed by atoms with Gasteiger partial charge >= 0.3 is 0 Å². The number of hydrogen-bond donors (Lipinski definition) is 1. The molecule has 6 nitrogen and oxygen atoms in total. The summed E-state index contributed by atoms with van der Waals surface area (Å²) >= 11 is 0. The SMILES string of the molecule is COc1cc2c(c(OC)c1OC)C(=O)CC(c1cccc(N)c1)O2. The number of rotatable bonds is 4. The van der Waals surface area contributed by atoms with Gasteiger partial charge in [0.15, 0.2) is 17.3 Å². The number of fused-ring (bicyclic) bond motifs is 1. The van der Waals surface area contributed by atoms with Crippen LogP contribution in [0, 0.1) is 0 Å². The van der Waals surface area contributed by atoms with E-state index in [9.17, 15) is 4.79 Å². The zero-order valence-corrected chi connectivity index (χ0v) is 13.8. The molecule has 0 saturated heterocycles. The first kappa shape index (κ1) is 16.0. The van der Waals surface area contributed by atoms with Crippen molar-refractivity contribution in [2.24, 2.45) is 0 Å². The third-order valence-electron chi connectivity index (χ3n) is 4.00. The number of nitrogen functional groups attached to an aromatic ring is 1. The number of nitrogens with two attached hydrogens (primary N) is 1. The molecule has 6 heteroatoms. The van der Waals surface area contributed by atoms with E-state index in [-0.39, 0.29) is 12.2 Å². The second-order valence-corrected chi connectivity index (χ2v) is 5.42. The van der Waals surface area contributed by atoms with Gasteiger partial charge < -0.3 is 24.7 Å². The second-order valence-electron chi connectivity index (χ2n) is 5.42. The van der Waals surface area contributed by atoms with Crippen molar-refractivity contribution in [3.05, 3.63) is 41.5 Å². The highest BCUT2D eigenvalue weighted by atomic mass is 16.5. The van der Waals surface area contributed by atoms with E-state index in [1.165, 1.54) is 21.3 Å². The van der Waals surface area contributed by atoms with Crippen molar-refractivity contribution in [1.29, 1.82) is 0 Å². The predicted octanol–water partition coefficient (Wildman–Crippen LogP) is 3.00. The topological polar surface area (TPSA) is 80.0 Å². The maximum absolute atomic E-state index is 12.7. The Labute approximate surface area is 140 Å². The fourth-order valence-electron chi connectivity index (χ4n) is 2.90. The number of ether oxygens (including phenoxy) is 4. The van der Waals surface area contributed by atoms with E-state index in [1.54, 1.807) is 18.2 Å². The highest BCUT2D eigenvalue weighted by Gasteiger charge is 2.34. The van der Waals surface area contributed by atoms with Crippen LogP contribution in [-0.4, -0.2) is 27.1 Å². The van der Waals surface area contributed by atoms with E-state index in [2.05, 4.69) is 0 Å². The summed E-state index contributed by atoms with van der Waals surface area (Å²) in [4.78, 5) is 12.7. The molecule has 2 aromatic carbocycles. The number of methoxy groups -OCH3 is 3. The van der Waals surface area contributed by atoms with E-state index >= 15 is 0 Å². The van der Waals surface area contributed by atoms with Crippen molar-refractivity contribution in [3.8, 4) is 23.0 Å². The average Bonchev–Trinajstić information content (AvgIpc) is 2.59. The predicted molar refractivity (Wildman–Crippen MR) is 89.3 cm³/mol. The van der Waals surface area contributed by atoms with Crippen LogP contribution in [0.3, 0.4) is 0 Å². The lowest BCUT2D eigenvalue weighted by Crippen LogP contribution is -2.21. The molecular weight excluding hydrogens is 310 g/mol. The lowest BCUT2D eigenvalue weighted by Gasteiger charge is -2.28. The van der Waals surface area contributed by atoms with E-state index in [0.29, 0.717) is 34.2 Å². The molecule has 2 aromatic rings. The Bertz CT molecular complexity index is 787. The lowest BCUT2D eigenvalue weighted by atomic mass is 9.95. The first-order valence-corrected chi connectivity index (χ1v) is 7.47. The Morgan fingerprint density at radius 1 is 1.08 bits per heavy atom. The highest BCUT2D eigenvalue weighted by Crippen LogP contribution is 2.49. The molecule has 0 saturated carbocycles. The Kier molecular flexibility index (Phi) is 4.20. The van der Waals surface area contributed by atoms with Crippen LogP contribution in [0.5, 0.6) is 23.0 Å². The van der Waals surface area contributed by atoms with Gasteiger partial charge in [0.25, 0.3) is 0 Å². The molecule has 0 bridgehead atoms. The third kappa shape index (κ3) is 2.60. The van der Waals surface area contributed by atoms with Gasteiger partial charge in [-0.15, -0.1) is 0 Å². The maximum atomic E-state index is 12.7. The molecule has 0 aromatic heterocycles. The van der Waals surface area contributed by atoms with Gasteiger partial charge in [-0.1, -0.05) is 12.1 Å². The summed E-state index contributed by atoms with van der Waals surface area (Å²) in [5, 5.41) is 0. The summed E-state index contributed by atoms with van der Waals surface area (Å²) in [6.07, 6.45) is -0.209. The smallest absolute Gasteiger partial charge is 0.204 e. The summed E-state index contributed by atoms with van der Waals surface area (Å²) < 4.78 is 22.1. The molecule has 1 aliphatic heterocycles. The molecule has 0 aliphatic carbocycles. The fraction of sp³-hybridized carbons (Fsp3) is 0.278.